The molecule has 5 aromatic rings. The molecule has 3 aromatic heterocycles. The van der Waals surface area contributed by atoms with Gasteiger partial charge in [-0.15, -0.1) is 0 Å². The number of aromatic amines is 2. The number of benzene rings is 2. The van der Waals surface area contributed by atoms with Crippen molar-refractivity contribution in [3.05, 3.63) is 108 Å². The van der Waals surface area contributed by atoms with Gasteiger partial charge in [0.25, 0.3) is 0 Å². The Morgan fingerprint density at radius 3 is 1.21 bits per heavy atom. The lowest BCUT2D eigenvalue weighted by Gasteiger charge is -2.25. The van der Waals surface area contributed by atoms with E-state index in [2.05, 4.69) is 20.6 Å². The van der Waals surface area contributed by atoms with Crippen LogP contribution in [-0.2, 0) is 19.2 Å². The molecule has 5 heterocycles. The van der Waals surface area contributed by atoms with Gasteiger partial charge in [-0.2, -0.15) is 0 Å². The van der Waals surface area contributed by atoms with E-state index >= 15 is 0 Å². The molecule has 0 saturated carbocycles. The first kappa shape index (κ1) is 36.9. The van der Waals surface area contributed by atoms with Crippen molar-refractivity contribution in [2.24, 2.45) is 0 Å². The van der Waals surface area contributed by atoms with E-state index in [0.717, 1.165) is 44.3 Å². The van der Waals surface area contributed by atoms with Gasteiger partial charge in [0.05, 0.1) is 22.8 Å². The van der Waals surface area contributed by atoms with E-state index in [1.54, 1.807) is 48.5 Å². The highest BCUT2D eigenvalue weighted by Gasteiger charge is 2.46. The maximum Gasteiger partial charge on any atom is 0.341 e. The summed E-state index contributed by atoms with van der Waals surface area (Å²) >= 11 is 0. The van der Waals surface area contributed by atoms with Gasteiger partial charge in [0.1, 0.15) is 0 Å². The molecule has 0 fully saturated rings. The van der Waals surface area contributed by atoms with E-state index in [-0.39, 0.29) is 12.8 Å². The number of aliphatic carboxylic acids is 4. The molecule has 2 aliphatic heterocycles. The van der Waals surface area contributed by atoms with Gasteiger partial charge in [-0.1, -0.05) is 38.1 Å². The van der Waals surface area contributed by atoms with Crippen molar-refractivity contribution in [1.82, 2.24) is 19.9 Å². The van der Waals surface area contributed by atoms with Gasteiger partial charge in [0, 0.05) is 44.6 Å². The minimum atomic E-state index is -2.18. The molecule has 0 aliphatic carbocycles. The lowest BCUT2D eigenvalue weighted by Crippen LogP contribution is -2.52. The largest absolute Gasteiger partial charge is 0.479 e. The van der Waals surface area contributed by atoms with Gasteiger partial charge in [0.2, 0.25) is 11.1 Å². The molecule has 0 amide bonds. The molecule has 2 aromatic carbocycles. The van der Waals surface area contributed by atoms with Crippen molar-refractivity contribution in [3.63, 3.8) is 0 Å². The molecule has 0 spiro atoms. The number of hydrogen-bond acceptors (Lipinski definition) is 8. The van der Waals surface area contributed by atoms with E-state index in [9.17, 15) is 39.6 Å². The van der Waals surface area contributed by atoms with Crippen LogP contribution in [0.25, 0.3) is 68.6 Å². The van der Waals surface area contributed by atoms with Gasteiger partial charge >= 0.3 is 23.9 Å². The summed E-state index contributed by atoms with van der Waals surface area (Å²) in [4.78, 5) is 64.7. The zero-order valence-corrected chi connectivity index (χ0v) is 30.1. The molecule has 282 valence electrons. The summed E-state index contributed by atoms with van der Waals surface area (Å²) in [5.41, 5.74) is 5.04. The molecule has 0 atom stereocenters. The van der Waals surface area contributed by atoms with Crippen molar-refractivity contribution in [2.45, 2.75) is 37.8 Å². The van der Waals surface area contributed by atoms with E-state index in [1.165, 1.54) is 13.8 Å². The summed E-state index contributed by atoms with van der Waals surface area (Å²) in [5.74, 6) is -5.94. The SMILES string of the molecule is CCC(Nc1ccc(-c2c3nc(cc4ccc([nH]4)c(-c4ccc(NC(CC)(C(=O)O)C(=O)O)cc4)c4nc(cc5ccc2[nH]5)C=C4)C=C3)cc1)(C(=O)O)C(=O)O. The number of H-pyrrole nitrogens is 2. The van der Waals surface area contributed by atoms with Crippen molar-refractivity contribution in [3.8, 4) is 22.3 Å². The predicted octanol–water partition coefficient (Wildman–Crippen LogP) is 7.45. The molecule has 2 aliphatic rings. The maximum absolute atomic E-state index is 12.0. The molecule has 14 heteroatoms. The standard InChI is InChI=1S/C42H36N6O8/c1-3-41(37(49)50,38(51)52)47-25-9-5-23(6-10-25)35-31-17-13-27(43-31)21-29-15-19-33(45-29)36(34-20-16-30(46-34)22-28-14-18-32(35)44-28)24-7-11-26(12-8-24)48-42(4-2,39(53)54)40(55)56/h5-22,43,46-48H,3-4H2,1-2H3,(H,49,50)(H,51,52)(H,53,54)(H,55,56). The molecule has 0 saturated heterocycles. The first-order chi connectivity index (χ1) is 26.8. The van der Waals surface area contributed by atoms with Crippen molar-refractivity contribution < 1.29 is 39.6 Å². The van der Waals surface area contributed by atoms with Gasteiger partial charge in [-0.05, 0) is 109 Å². The van der Waals surface area contributed by atoms with Gasteiger partial charge in [-0.25, -0.2) is 29.1 Å². The number of hydrogen-bond donors (Lipinski definition) is 8. The Morgan fingerprint density at radius 1 is 0.536 bits per heavy atom. The lowest BCUT2D eigenvalue weighted by atomic mass is 9.95. The second-order valence-corrected chi connectivity index (χ2v) is 13.3. The van der Waals surface area contributed by atoms with Gasteiger partial charge < -0.3 is 41.0 Å². The number of nitrogens with one attached hydrogen (secondary N) is 4. The monoisotopic (exact) mass is 752 g/mol. The number of rotatable bonds is 12. The number of carboxylic acid groups (broad SMARTS) is 4. The lowest BCUT2D eigenvalue weighted by molar-refractivity contribution is -0.157. The predicted molar refractivity (Wildman–Crippen MR) is 214 cm³/mol. The molecular formula is C42H36N6O8. The number of anilines is 2. The summed E-state index contributed by atoms with van der Waals surface area (Å²) in [7, 11) is 0. The Labute approximate surface area is 318 Å². The van der Waals surface area contributed by atoms with E-state index in [4.69, 9.17) is 9.97 Å². The van der Waals surface area contributed by atoms with Crippen LogP contribution in [0.4, 0.5) is 11.4 Å². The second kappa shape index (κ2) is 14.4. The molecule has 7 rings (SSSR count). The van der Waals surface area contributed by atoms with Crippen LogP contribution in [0.15, 0.2) is 84.9 Å². The van der Waals surface area contributed by atoms with Gasteiger partial charge in [0.15, 0.2) is 0 Å². The third-order valence-corrected chi connectivity index (χ3v) is 9.98. The summed E-state index contributed by atoms with van der Waals surface area (Å²) in [5, 5.41) is 44.3. The van der Waals surface area contributed by atoms with Crippen molar-refractivity contribution in [1.29, 1.82) is 0 Å². The van der Waals surface area contributed by atoms with Crippen LogP contribution < -0.4 is 10.6 Å². The van der Waals surface area contributed by atoms with Crippen LogP contribution >= 0.6 is 0 Å². The molecular weight excluding hydrogens is 716 g/mol. The summed E-state index contributed by atoms with van der Waals surface area (Å²) in [6.45, 7) is 2.99. The highest BCUT2D eigenvalue weighted by atomic mass is 16.4. The number of nitrogens with zero attached hydrogens (tertiary/aromatic N) is 2. The molecule has 8 bridgehead atoms. The zero-order valence-electron chi connectivity index (χ0n) is 30.1. The highest BCUT2D eigenvalue weighted by molar-refractivity contribution is 6.07. The topological polar surface area (TPSA) is 231 Å². The quantitative estimate of drug-likeness (QED) is 0.0569. The van der Waals surface area contributed by atoms with Crippen LogP contribution in [0, 0.1) is 0 Å². The first-order valence-corrected chi connectivity index (χ1v) is 17.7. The first-order valence-electron chi connectivity index (χ1n) is 17.7. The third kappa shape index (κ3) is 6.64. The molecule has 8 N–H and O–H groups in total. The smallest absolute Gasteiger partial charge is 0.341 e. The molecule has 0 radical (unpaired) electrons. The van der Waals surface area contributed by atoms with E-state index < -0.39 is 35.0 Å². The minimum absolute atomic E-state index is 0.173. The minimum Gasteiger partial charge on any atom is -0.479 e. The summed E-state index contributed by atoms with van der Waals surface area (Å²) in [6, 6.07) is 25.2. The number of carboxylic acids is 4. The highest BCUT2D eigenvalue weighted by Crippen LogP contribution is 2.34. The Hall–Kier alpha value is -7.48. The fourth-order valence-corrected chi connectivity index (χ4v) is 6.79. The summed E-state index contributed by atoms with van der Waals surface area (Å²) < 4.78 is 0. The Balaban J connectivity index is 1.34. The van der Waals surface area contributed by atoms with Crippen LogP contribution in [0.5, 0.6) is 0 Å². The van der Waals surface area contributed by atoms with E-state index in [0.29, 0.717) is 34.2 Å². The zero-order chi connectivity index (χ0) is 39.8. The molecule has 56 heavy (non-hydrogen) atoms. The fraction of sp³-hybridized carbons (Fsp3) is 0.143. The maximum atomic E-state index is 12.0. The second-order valence-electron chi connectivity index (χ2n) is 13.3. The number of carbonyl (C=O) groups is 4. The third-order valence-electron chi connectivity index (χ3n) is 9.98. The molecule has 14 nitrogen and oxygen atoms in total. The fourth-order valence-electron chi connectivity index (χ4n) is 6.79. The van der Waals surface area contributed by atoms with Gasteiger partial charge in [-0.3, -0.25) is 0 Å². The van der Waals surface area contributed by atoms with E-state index in [1.807, 2.05) is 60.7 Å². The average Bonchev–Trinajstić information content (AvgIpc) is 4.01. The Bertz CT molecular complexity index is 2430. The molecule has 0 unspecified atom stereocenters. The number of aromatic nitrogens is 4. The van der Waals surface area contributed by atoms with Crippen LogP contribution in [0.2, 0.25) is 0 Å². The average molecular weight is 753 g/mol. The summed E-state index contributed by atoms with van der Waals surface area (Å²) in [6.07, 6.45) is 7.23. The Kier molecular flexibility index (Phi) is 9.48. The normalized spacial score (nSPS) is 12.3. The number of fused-ring (bicyclic) bond motifs is 8. The van der Waals surface area contributed by atoms with Crippen LogP contribution in [0.3, 0.4) is 0 Å². The van der Waals surface area contributed by atoms with Crippen LogP contribution in [-0.4, -0.2) is 75.3 Å². The van der Waals surface area contributed by atoms with Crippen molar-refractivity contribution >= 4 is 81.6 Å². The Morgan fingerprint density at radius 2 is 0.893 bits per heavy atom. The van der Waals surface area contributed by atoms with Crippen LogP contribution in [0.1, 0.15) is 49.5 Å². The van der Waals surface area contributed by atoms with Crippen molar-refractivity contribution in [2.75, 3.05) is 10.6 Å².